The molecule has 0 saturated carbocycles. The molecule has 0 aliphatic heterocycles. The molecule has 0 saturated heterocycles. The lowest BCUT2D eigenvalue weighted by atomic mass is 10.2. The zero-order valence-electron chi connectivity index (χ0n) is 11.2. The van der Waals surface area contributed by atoms with E-state index in [-0.39, 0.29) is 27.2 Å². The van der Waals surface area contributed by atoms with Gasteiger partial charge in [0.25, 0.3) is 10.0 Å². The van der Waals surface area contributed by atoms with Crippen molar-refractivity contribution in [1.29, 1.82) is 0 Å². The molecule has 0 aliphatic carbocycles. The molecule has 1 aromatic heterocycles. The molecule has 0 spiro atoms. The van der Waals surface area contributed by atoms with Gasteiger partial charge in [0.1, 0.15) is 17.1 Å². The third-order valence-corrected chi connectivity index (χ3v) is 4.54. The Morgan fingerprint density at radius 3 is 2.59 bits per heavy atom. The number of nitrogens with zero attached hydrogens (tertiary/aromatic N) is 1. The van der Waals surface area contributed by atoms with E-state index in [9.17, 15) is 17.9 Å². The van der Waals surface area contributed by atoms with Crippen LogP contribution < -0.4 is 4.72 Å². The number of fused-ring (bicyclic) bond motifs is 1. The molecule has 112 valence electrons. The largest absolute Gasteiger partial charge is 0.506 e. The van der Waals surface area contributed by atoms with E-state index < -0.39 is 15.8 Å². The van der Waals surface area contributed by atoms with Gasteiger partial charge in [-0.05, 0) is 36.4 Å². The Morgan fingerprint density at radius 2 is 1.82 bits per heavy atom. The van der Waals surface area contributed by atoms with E-state index in [4.69, 9.17) is 0 Å². The maximum absolute atomic E-state index is 13.6. The van der Waals surface area contributed by atoms with Gasteiger partial charge in [-0.15, -0.1) is 0 Å². The van der Waals surface area contributed by atoms with Crippen molar-refractivity contribution in [2.75, 3.05) is 4.72 Å². The van der Waals surface area contributed by atoms with Crippen LogP contribution in [-0.2, 0) is 10.0 Å². The molecule has 0 fully saturated rings. The molecule has 3 rings (SSSR count). The number of sulfonamides is 1. The fraction of sp³-hybridized carbons (Fsp3) is 0. The predicted molar refractivity (Wildman–Crippen MR) is 80.6 cm³/mol. The van der Waals surface area contributed by atoms with Crippen LogP contribution in [0.4, 0.5) is 10.1 Å². The fourth-order valence-corrected chi connectivity index (χ4v) is 3.38. The highest BCUT2D eigenvalue weighted by Gasteiger charge is 2.20. The van der Waals surface area contributed by atoms with Gasteiger partial charge in [0.05, 0.1) is 10.6 Å². The number of phenolic OH excluding ortho intramolecular Hbond substituents is 1. The van der Waals surface area contributed by atoms with E-state index in [0.717, 1.165) is 6.07 Å². The highest BCUT2D eigenvalue weighted by molar-refractivity contribution is 7.93. The van der Waals surface area contributed by atoms with Crippen LogP contribution in [0.15, 0.2) is 59.6 Å². The van der Waals surface area contributed by atoms with Gasteiger partial charge in [0.2, 0.25) is 0 Å². The minimum atomic E-state index is -4.02. The van der Waals surface area contributed by atoms with Gasteiger partial charge in [-0.25, -0.2) is 12.8 Å². The van der Waals surface area contributed by atoms with Crippen molar-refractivity contribution in [3.8, 4) is 5.75 Å². The number of benzene rings is 2. The van der Waals surface area contributed by atoms with Gasteiger partial charge >= 0.3 is 0 Å². The molecule has 0 aliphatic rings. The first kappa shape index (κ1) is 14.3. The van der Waals surface area contributed by atoms with Crippen molar-refractivity contribution in [2.24, 2.45) is 0 Å². The summed E-state index contributed by atoms with van der Waals surface area (Å²) in [5.41, 5.74) is 0.0199. The van der Waals surface area contributed by atoms with E-state index >= 15 is 0 Å². The monoisotopic (exact) mass is 318 g/mol. The lowest BCUT2D eigenvalue weighted by molar-refractivity contribution is 0.480. The van der Waals surface area contributed by atoms with Gasteiger partial charge in [-0.1, -0.05) is 12.1 Å². The number of pyridine rings is 1. The van der Waals surface area contributed by atoms with Crippen LogP contribution in [-0.4, -0.2) is 18.5 Å². The quantitative estimate of drug-likeness (QED) is 0.778. The number of nitrogens with one attached hydrogen (secondary N) is 1. The maximum atomic E-state index is 13.6. The number of aromatic hydroxyl groups is 1. The van der Waals surface area contributed by atoms with Crippen LogP contribution in [0.5, 0.6) is 5.75 Å². The van der Waals surface area contributed by atoms with Crippen LogP contribution in [0.3, 0.4) is 0 Å². The number of anilines is 1. The zero-order valence-corrected chi connectivity index (χ0v) is 12.0. The van der Waals surface area contributed by atoms with Gasteiger partial charge in [0.15, 0.2) is 0 Å². The molecular weight excluding hydrogens is 307 g/mol. The number of para-hydroxylation sites is 1. The highest BCUT2D eigenvalue weighted by atomic mass is 32.2. The number of aromatic nitrogens is 1. The predicted octanol–water partition coefficient (Wildman–Crippen LogP) is 2.88. The lowest BCUT2D eigenvalue weighted by Crippen LogP contribution is -2.14. The molecule has 0 atom stereocenters. The molecule has 2 N–H and O–H groups in total. The maximum Gasteiger partial charge on any atom is 0.262 e. The number of hydrogen-bond donors (Lipinski definition) is 2. The van der Waals surface area contributed by atoms with Gasteiger partial charge in [-0.2, -0.15) is 0 Å². The molecule has 0 radical (unpaired) electrons. The molecule has 1 heterocycles. The summed E-state index contributed by atoms with van der Waals surface area (Å²) in [7, 11) is -4.02. The number of halogens is 1. The summed E-state index contributed by atoms with van der Waals surface area (Å²) in [6.45, 7) is 0. The fourth-order valence-electron chi connectivity index (χ4n) is 2.11. The van der Waals surface area contributed by atoms with Gasteiger partial charge < -0.3 is 5.11 Å². The van der Waals surface area contributed by atoms with E-state index in [1.54, 1.807) is 6.07 Å². The summed E-state index contributed by atoms with van der Waals surface area (Å²) < 4.78 is 40.8. The molecule has 0 unspecified atom stereocenters. The van der Waals surface area contributed by atoms with Crippen molar-refractivity contribution in [3.05, 3.63) is 60.5 Å². The first-order valence-corrected chi connectivity index (χ1v) is 7.81. The molecule has 22 heavy (non-hydrogen) atoms. The minimum absolute atomic E-state index is 0.0864. The lowest BCUT2D eigenvalue weighted by Gasteiger charge is -2.11. The third-order valence-electron chi connectivity index (χ3n) is 3.12. The normalized spacial score (nSPS) is 11.5. The van der Waals surface area contributed by atoms with E-state index in [1.807, 2.05) is 0 Å². The average molecular weight is 318 g/mol. The third kappa shape index (κ3) is 2.46. The highest BCUT2D eigenvalue weighted by Crippen LogP contribution is 2.29. The number of phenols is 1. The van der Waals surface area contributed by atoms with Crippen LogP contribution in [0.2, 0.25) is 0 Å². The summed E-state index contributed by atoms with van der Waals surface area (Å²) in [6, 6.07) is 11.1. The minimum Gasteiger partial charge on any atom is -0.506 e. The second-order valence-corrected chi connectivity index (χ2v) is 6.22. The molecular formula is C15H11FN2O3S. The van der Waals surface area contributed by atoms with E-state index in [1.165, 1.54) is 42.6 Å². The van der Waals surface area contributed by atoms with Crippen LogP contribution >= 0.6 is 0 Å². The first-order chi connectivity index (χ1) is 10.5. The van der Waals surface area contributed by atoms with Crippen molar-refractivity contribution in [2.45, 2.75) is 4.90 Å². The second-order valence-electron chi connectivity index (χ2n) is 4.57. The van der Waals surface area contributed by atoms with E-state index in [2.05, 4.69) is 9.71 Å². The summed E-state index contributed by atoms with van der Waals surface area (Å²) in [4.78, 5) is 3.88. The zero-order chi connectivity index (χ0) is 15.7. The van der Waals surface area contributed by atoms with Crippen molar-refractivity contribution in [1.82, 2.24) is 4.98 Å². The van der Waals surface area contributed by atoms with Gasteiger partial charge in [-0.3, -0.25) is 9.71 Å². The molecule has 0 amide bonds. The summed E-state index contributed by atoms with van der Waals surface area (Å²) in [5, 5.41) is 10.0. The second kappa shape index (κ2) is 5.27. The summed E-state index contributed by atoms with van der Waals surface area (Å²) in [5.74, 6) is -0.798. The topological polar surface area (TPSA) is 79.3 Å². The number of rotatable bonds is 3. The Kier molecular flexibility index (Phi) is 3.42. The Labute approximate surface area is 126 Å². The Hall–Kier alpha value is -2.67. The molecule has 3 aromatic rings. The Bertz CT molecular complexity index is 958. The van der Waals surface area contributed by atoms with Crippen molar-refractivity contribution >= 4 is 26.6 Å². The van der Waals surface area contributed by atoms with Crippen LogP contribution in [0, 0.1) is 5.82 Å². The summed E-state index contributed by atoms with van der Waals surface area (Å²) >= 11 is 0. The molecule has 0 bridgehead atoms. The molecule has 5 nitrogen and oxygen atoms in total. The molecule has 2 aromatic carbocycles. The summed E-state index contributed by atoms with van der Waals surface area (Å²) in [6.07, 6.45) is 1.45. The van der Waals surface area contributed by atoms with Crippen LogP contribution in [0.25, 0.3) is 10.9 Å². The molecule has 7 heteroatoms. The average Bonchev–Trinajstić information content (AvgIpc) is 2.50. The first-order valence-electron chi connectivity index (χ1n) is 6.33. The van der Waals surface area contributed by atoms with Gasteiger partial charge in [0, 0.05) is 11.6 Å². The Morgan fingerprint density at radius 1 is 1.05 bits per heavy atom. The standard InChI is InChI=1S/C15H11FN2O3S/c16-11-5-1-2-6-12(11)18-22(20,21)14-8-7-13(19)15-10(14)4-3-9-17-15/h1-9,18-19H. The SMILES string of the molecule is O=S(=O)(Nc1ccccc1F)c1ccc(O)c2ncccc12. The smallest absolute Gasteiger partial charge is 0.262 e. The van der Waals surface area contributed by atoms with Crippen LogP contribution in [0.1, 0.15) is 0 Å². The van der Waals surface area contributed by atoms with Crippen molar-refractivity contribution < 1.29 is 17.9 Å². The number of hydrogen-bond acceptors (Lipinski definition) is 4. The van der Waals surface area contributed by atoms with Crippen molar-refractivity contribution in [3.63, 3.8) is 0 Å². The Balaban J connectivity index is 2.14. The van der Waals surface area contributed by atoms with E-state index in [0.29, 0.717) is 0 Å².